The Morgan fingerprint density at radius 3 is 1.77 bits per heavy atom. The van der Waals surface area contributed by atoms with Crippen LogP contribution < -0.4 is 0 Å². The zero-order valence-electron chi connectivity index (χ0n) is 9.97. The van der Waals surface area contributed by atoms with Gasteiger partial charge in [-0.15, -0.1) is 0 Å². The second kappa shape index (κ2) is 7.86. The first-order valence-corrected chi connectivity index (χ1v) is 7.78. The quantitative estimate of drug-likeness (QED) is 0.569. The van der Waals surface area contributed by atoms with E-state index in [1.54, 1.807) is 0 Å². The van der Waals surface area contributed by atoms with Crippen molar-refractivity contribution < 1.29 is 3.79 Å². The van der Waals surface area contributed by atoms with Crippen LogP contribution in [-0.4, -0.2) is 21.1 Å². The monoisotopic (exact) mass is 200 g/mol. The Kier molecular flexibility index (Phi) is 8.15. The highest BCUT2D eigenvalue weighted by Gasteiger charge is 2.22. The maximum absolute atomic E-state index is 5.95. The van der Waals surface area contributed by atoms with Crippen LogP contribution in [0.3, 0.4) is 0 Å². The molecule has 0 rings (SSSR count). The third kappa shape index (κ3) is 8.81. The van der Waals surface area contributed by atoms with Gasteiger partial charge in [-0.25, -0.2) is 0 Å². The zero-order chi connectivity index (χ0) is 10.3. The lowest BCUT2D eigenvalue weighted by Gasteiger charge is -2.16. The minimum atomic E-state index is -0.867. The molecule has 0 saturated heterocycles. The molecule has 0 amide bonds. The molecule has 0 aromatic carbocycles. The highest BCUT2D eigenvalue weighted by Crippen LogP contribution is 2.15. The molecule has 13 heavy (non-hydrogen) atoms. The molecule has 0 fully saturated rings. The normalized spacial score (nSPS) is 11.3. The molecule has 0 radical (unpaired) electrons. The maximum Gasteiger partial charge on any atom is 0.461 e. The highest BCUT2D eigenvalue weighted by molar-refractivity contribution is 6.51. The SMILES string of the molecule is CCC[O][Al]([CH2]C(C)C)[CH2]C(C)C. The van der Waals surface area contributed by atoms with Gasteiger partial charge >= 0.3 is 14.5 Å². The van der Waals surface area contributed by atoms with Crippen molar-refractivity contribution in [1.29, 1.82) is 0 Å². The van der Waals surface area contributed by atoms with Gasteiger partial charge in [0.05, 0.1) is 0 Å². The molecule has 0 aliphatic carbocycles. The molecule has 78 valence electrons. The summed E-state index contributed by atoms with van der Waals surface area (Å²) in [5.74, 6) is 1.62. The predicted molar refractivity (Wildman–Crippen MR) is 61.3 cm³/mol. The van der Waals surface area contributed by atoms with Crippen LogP contribution in [0.5, 0.6) is 0 Å². The van der Waals surface area contributed by atoms with Crippen LogP contribution in [0.15, 0.2) is 0 Å². The summed E-state index contributed by atoms with van der Waals surface area (Å²) in [6.07, 6.45) is 1.17. The van der Waals surface area contributed by atoms with E-state index in [4.69, 9.17) is 3.79 Å². The molecule has 0 aliphatic heterocycles. The lowest BCUT2D eigenvalue weighted by atomic mass is 10.3. The molecule has 0 atom stereocenters. The summed E-state index contributed by atoms with van der Waals surface area (Å²) in [4.78, 5) is 0. The molecule has 0 N–H and O–H groups in total. The lowest BCUT2D eigenvalue weighted by Crippen LogP contribution is -2.22. The fourth-order valence-corrected chi connectivity index (χ4v) is 4.71. The highest BCUT2D eigenvalue weighted by atomic mass is 27.2. The van der Waals surface area contributed by atoms with Crippen molar-refractivity contribution in [3.63, 3.8) is 0 Å². The van der Waals surface area contributed by atoms with Gasteiger partial charge in [-0.3, -0.25) is 0 Å². The molecule has 0 aliphatic rings. The summed E-state index contributed by atoms with van der Waals surface area (Å²) in [5, 5.41) is 2.69. The van der Waals surface area contributed by atoms with E-state index in [1.165, 1.54) is 17.0 Å². The summed E-state index contributed by atoms with van der Waals surface area (Å²) in [6.45, 7) is 12.4. The summed E-state index contributed by atoms with van der Waals surface area (Å²) >= 11 is -0.867. The molecule has 0 aromatic rings. The summed E-state index contributed by atoms with van der Waals surface area (Å²) in [5.41, 5.74) is 0. The Bertz CT molecular complexity index is 103. The first-order chi connectivity index (χ1) is 6.06. The summed E-state index contributed by atoms with van der Waals surface area (Å²) in [7, 11) is 0. The van der Waals surface area contributed by atoms with Gasteiger partial charge in [0.1, 0.15) is 0 Å². The largest absolute Gasteiger partial charge is 0.501 e. The molecule has 2 heteroatoms. The molecule has 0 heterocycles. The average molecular weight is 200 g/mol. The molecule has 0 aromatic heterocycles. The van der Waals surface area contributed by atoms with Crippen molar-refractivity contribution in [2.45, 2.75) is 51.6 Å². The first-order valence-electron chi connectivity index (χ1n) is 5.67. The van der Waals surface area contributed by atoms with Crippen molar-refractivity contribution in [3.05, 3.63) is 0 Å². The fraction of sp³-hybridized carbons (Fsp3) is 1.00. The summed E-state index contributed by atoms with van der Waals surface area (Å²) < 4.78 is 5.95. The van der Waals surface area contributed by atoms with Gasteiger partial charge in [0.15, 0.2) is 0 Å². The van der Waals surface area contributed by atoms with Crippen LogP contribution in [0.2, 0.25) is 10.6 Å². The van der Waals surface area contributed by atoms with Gasteiger partial charge in [0, 0.05) is 6.61 Å². The second-order valence-corrected chi connectivity index (χ2v) is 7.27. The van der Waals surface area contributed by atoms with E-state index in [2.05, 4.69) is 34.6 Å². The number of rotatable bonds is 7. The van der Waals surface area contributed by atoms with E-state index >= 15 is 0 Å². The summed E-state index contributed by atoms with van der Waals surface area (Å²) in [6, 6.07) is 0. The Balaban J connectivity index is 3.73. The Labute approximate surface area is 88.6 Å². The first kappa shape index (κ1) is 13.5. The van der Waals surface area contributed by atoms with Crippen molar-refractivity contribution in [2.75, 3.05) is 6.61 Å². The molecular formula is C11H25AlO. The third-order valence-electron chi connectivity index (χ3n) is 2.03. The van der Waals surface area contributed by atoms with Crippen LogP contribution in [0, 0.1) is 11.8 Å². The molecule has 0 unspecified atom stereocenters. The number of hydrogen-bond acceptors (Lipinski definition) is 1. The third-order valence-corrected chi connectivity index (χ3v) is 5.67. The van der Waals surface area contributed by atoms with Gasteiger partial charge in [-0.05, 0) is 6.42 Å². The molecule has 0 spiro atoms. The van der Waals surface area contributed by atoms with Gasteiger partial charge in [-0.1, -0.05) is 57.0 Å². The minimum absolute atomic E-state index is 0.812. The molecular weight excluding hydrogens is 175 g/mol. The van der Waals surface area contributed by atoms with Gasteiger partial charge in [-0.2, -0.15) is 0 Å². The Morgan fingerprint density at radius 1 is 1.00 bits per heavy atom. The van der Waals surface area contributed by atoms with Gasteiger partial charge < -0.3 is 3.79 Å². The van der Waals surface area contributed by atoms with Crippen LogP contribution in [0.4, 0.5) is 0 Å². The van der Waals surface area contributed by atoms with E-state index in [9.17, 15) is 0 Å². The van der Waals surface area contributed by atoms with Crippen molar-refractivity contribution in [3.8, 4) is 0 Å². The van der Waals surface area contributed by atoms with Crippen LogP contribution in [0.1, 0.15) is 41.0 Å². The predicted octanol–water partition coefficient (Wildman–Crippen LogP) is 3.72. The van der Waals surface area contributed by atoms with E-state index in [1.807, 2.05) is 0 Å². The molecule has 0 saturated carbocycles. The van der Waals surface area contributed by atoms with Crippen molar-refractivity contribution in [2.24, 2.45) is 11.8 Å². The van der Waals surface area contributed by atoms with Gasteiger partial charge in [0.25, 0.3) is 0 Å². The van der Waals surface area contributed by atoms with E-state index in [-0.39, 0.29) is 0 Å². The lowest BCUT2D eigenvalue weighted by molar-refractivity contribution is 0.310. The van der Waals surface area contributed by atoms with Crippen molar-refractivity contribution in [1.82, 2.24) is 0 Å². The van der Waals surface area contributed by atoms with Crippen molar-refractivity contribution >= 4 is 14.5 Å². The smallest absolute Gasteiger partial charge is 0.461 e. The van der Waals surface area contributed by atoms with E-state index < -0.39 is 14.5 Å². The van der Waals surface area contributed by atoms with Gasteiger partial charge in [0.2, 0.25) is 0 Å². The van der Waals surface area contributed by atoms with Crippen LogP contribution >= 0.6 is 0 Å². The Hall–Kier alpha value is 0.492. The van der Waals surface area contributed by atoms with Crippen LogP contribution in [0.25, 0.3) is 0 Å². The average Bonchev–Trinajstić information content (AvgIpc) is 1.98. The minimum Gasteiger partial charge on any atom is -0.501 e. The fourth-order valence-electron chi connectivity index (χ4n) is 1.57. The Morgan fingerprint density at radius 2 is 1.46 bits per heavy atom. The van der Waals surface area contributed by atoms with E-state index in [0.717, 1.165) is 18.4 Å². The van der Waals surface area contributed by atoms with E-state index in [0.29, 0.717) is 0 Å². The topological polar surface area (TPSA) is 9.23 Å². The standard InChI is InChI=1S/2C4H9.C3H7O.Al/c2*1-4(2)3;1-2-3-4;/h2*4H,1H2,2-3H3;2-3H2,1H3;/q;;-1;+1. The molecule has 0 bridgehead atoms. The van der Waals surface area contributed by atoms with Crippen LogP contribution in [-0.2, 0) is 3.79 Å². The molecule has 1 nitrogen and oxygen atoms in total. The maximum atomic E-state index is 5.95. The zero-order valence-corrected chi connectivity index (χ0v) is 11.1. The second-order valence-electron chi connectivity index (χ2n) is 4.75. The number of hydrogen-bond donors (Lipinski definition) is 0.